The van der Waals surface area contributed by atoms with Gasteiger partial charge in [0.15, 0.2) is 0 Å². The van der Waals surface area contributed by atoms with Crippen LogP contribution in [-0.4, -0.2) is 29.5 Å². The SMILES string of the molecule is CN(CC(C)(C)C(O)c1ccccc1)C(=O)c1ccccc1. The van der Waals surface area contributed by atoms with E-state index in [4.69, 9.17) is 0 Å². The lowest BCUT2D eigenvalue weighted by atomic mass is 9.82. The molecule has 0 heterocycles. The van der Waals surface area contributed by atoms with Gasteiger partial charge in [-0.15, -0.1) is 0 Å². The highest BCUT2D eigenvalue weighted by Gasteiger charge is 2.31. The number of benzene rings is 2. The fraction of sp³-hybridized carbons (Fsp3) is 0.316. The van der Waals surface area contributed by atoms with Crippen LogP contribution in [-0.2, 0) is 0 Å². The second kappa shape index (κ2) is 6.75. The number of carbonyl (C=O) groups is 1. The first kappa shape index (κ1) is 16.2. The van der Waals surface area contributed by atoms with Gasteiger partial charge >= 0.3 is 0 Å². The van der Waals surface area contributed by atoms with E-state index in [2.05, 4.69) is 0 Å². The minimum atomic E-state index is -0.625. The molecule has 0 saturated carbocycles. The molecular weight excluding hydrogens is 274 g/mol. The number of hydrogen-bond donors (Lipinski definition) is 1. The number of aliphatic hydroxyl groups excluding tert-OH is 1. The van der Waals surface area contributed by atoms with Crippen LogP contribution in [0.2, 0.25) is 0 Å². The van der Waals surface area contributed by atoms with Gasteiger partial charge in [-0.3, -0.25) is 4.79 Å². The zero-order valence-electron chi connectivity index (χ0n) is 13.4. The van der Waals surface area contributed by atoms with Crippen LogP contribution in [0.3, 0.4) is 0 Å². The molecule has 116 valence electrons. The van der Waals surface area contributed by atoms with Crippen LogP contribution in [0.5, 0.6) is 0 Å². The molecule has 1 N–H and O–H groups in total. The minimum absolute atomic E-state index is 0.0334. The van der Waals surface area contributed by atoms with Crippen molar-refractivity contribution in [2.24, 2.45) is 5.41 Å². The lowest BCUT2D eigenvalue weighted by molar-refractivity contribution is 0.0243. The molecule has 0 aliphatic carbocycles. The monoisotopic (exact) mass is 297 g/mol. The van der Waals surface area contributed by atoms with Gasteiger partial charge in [-0.05, 0) is 17.7 Å². The highest BCUT2D eigenvalue weighted by molar-refractivity contribution is 5.94. The minimum Gasteiger partial charge on any atom is -0.388 e. The van der Waals surface area contributed by atoms with Crippen LogP contribution in [0.4, 0.5) is 0 Å². The Hall–Kier alpha value is -2.13. The quantitative estimate of drug-likeness (QED) is 0.917. The van der Waals surface area contributed by atoms with Crippen LogP contribution in [0.25, 0.3) is 0 Å². The Labute approximate surface area is 132 Å². The van der Waals surface area contributed by atoms with E-state index in [9.17, 15) is 9.90 Å². The van der Waals surface area contributed by atoms with Crippen molar-refractivity contribution in [2.45, 2.75) is 20.0 Å². The Morgan fingerprint density at radius 1 is 1.05 bits per heavy atom. The summed E-state index contributed by atoms with van der Waals surface area (Å²) in [4.78, 5) is 14.1. The summed E-state index contributed by atoms with van der Waals surface area (Å²) in [6.45, 7) is 4.41. The van der Waals surface area contributed by atoms with Crippen LogP contribution in [0, 0.1) is 5.41 Å². The maximum atomic E-state index is 12.4. The summed E-state index contributed by atoms with van der Waals surface area (Å²) in [5, 5.41) is 10.6. The predicted octanol–water partition coefficient (Wildman–Crippen LogP) is 3.52. The van der Waals surface area contributed by atoms with E-state index >= 15 is 0 Å². The van der Waals surface area contributed by atoms with Crippen molar-refractivity contribution in [3.8, 4) is 0 Å². The Balaban J connectivity index is 2.09. The molecule has 3 nitrogen and oxygen atoms in total. The van der Waals surface area contributed by atoms with Gasteiger partial charge in [-0.25, -0.2) is 0 Å². The van der Waals surface area contributed by atoms with Crippen LogP contribution < -0.4 is 0 Å². The number of carbonyl (C=O) groups excluding carboxylic acids is 1. The van der Waals surface area contributed by atoms with E-state index < -0.39 is 11.5 Å². The largest absolute Gasteiger partial charge is 0.388 e. The van der Waals surface area contributed by atoms with Gasteiger partial charge in [0.1, 0.15) is 0 Å². The summed E-state index contributed by atoms with van der Waals surface area (Å²) < 4.78 is 0. The highest BCUT2D eigenvalue weighted by atomic mass is 16.3. The molecule has 0 aliphatic heterocycles. The van der Waals surface area contributed by atoms with Crippen molar-refractivity contribution in [2.75, 3.05) is 13.6 Å². The molecule has 1 amide bonds. The van der Waals surface area contributed by atoms with E-state index in [1.54, 1.807) is 24.1 Å². The second-order valence-electron chi connectivity index (χ2n) is 6.33. The molecule has 0 aromatic heterocycles. The molecule has 0 spiro atoms. The van der Waals surface area contributed by atoms with Gasteiger partial charge < -0.3 is 10.0 Å². The molecule has 2 aromatic carbocycles. The van der Waals surface area contributed by atoms with Crippen LogP contribution in [0.15, 0.2) is 60.7 Å². The third-order valence-electron chi connectivity index (χ3n) is 3.87. The molecule has 0 radical (unpaired) electrons. The van der Waals surface area contributed by atoms with E-state index in [1.807, 2.05) is 62.4 Å². The van der Waals surface area contributed by atoms with Crippen LogP contribution >= 0.6 is 0 Å². The average Bonchev–Trinajstić information content (AvgIpc) is 2.54. The topological polar surface area (TPSA) is 40.5 Å². The number of aliphatic hydroxyl groups is 1. The first-order chi connectivity index (χ1) is 10.4. The summed E-state index contributed by atoms with van der Waals surface area (Å²) >= 11 is 0. The van der Waals surface area contributed by atoms with Crippen LogP contribution in [0.1, 0.15) is 35.9 Å². The number of hydrogen-bond acceptors (Lipinski definition) is 2. The summed E-state index contributed by atoms with van der Waals surface area (Å²) in [7, 11) is 1.77. The van der Waals surface area contributed by atoms with Crippen molar-refractivity contribution >= 4 is 5.91 Å². The molecule has 0 fully saturated rings. The fourth-order valence-electron chi connectivity index (χ4n) is 2.66. The Kier molecular flexibility index (Phi) is 4.99. The molecule has 1 unspecified atom stereocenters. The van der Waals surface area contributed by atoms with Crippen molar-refractivity contribution in [3.05, 3.63) is 71.8 Å². The zero-order chi connectivity index (χ0) is 16.2. The zero-order valence-corrected chi connectivity index (χ0v) is 13.4. The molecule has 0 saturated heterocycles. The van der Waals surface area contributed by atoms with Gasteiger partial charge in [-0.2, -0.15) is 0 Å². The summed E-state index contributed by atoms with van der Waals surface area (Å²) in [5.74, 6) is -0.0334. The second-order valence-corrected chi connectivity index (χ2v) is 6.33. The smallest absolute Gasteiger partial charge is 0.253 e. The van der Waals surface area contributed by atoms with E-state index in [0.29, 0.717) is 12.1 Å². The maximum absolute atomic E-state index is 12.4. The van der Waals surface area contributed by atoms with Gasteiger partial charge in [0, 0.05) is 24.6 Å². The van der Waals surface area contributed by atoms with Gasteiger partial charge in [-0.1, -0.05) is 62.4 Å². The molecule has 0 aliphatic rings. The first-order valence-electron chi connectivity index (χ1n) is 7.45. The molecular formula is C19H23NO2. The van der Waals surface area contributed by atoms with E-state index in [1.165, 1.54) is 0 Å². The third-order valence-corrected chi connectivity index (χ3v) is 3.87. The van der Waals surface area contributed by atoms with E-state index in [-0.39, 0.29) is 5.91 Å². The standard InChI is InChI=1S/C19H23NO2/c1-19(2,17(21)15-10-6-4-7-11-15)14-20(3)18(22)16-12-8-5-9-13-16/h4-13,17,21H,14H2,1-3H3. The normalized spacial score (nSPS) is 12.7. The molecule has 1 atom stereocenters. The molecule has 2 aromatic rings. The third kappa shape index (κ3) is 3.74. The van der Waals surface area contributed by atoms with Crippen molar-refractivity contribution in [3.63, 3.8) is 0 Å². The number of nitrogens with zero attached hydrogens (tertiary/aromatic N) is 1. The van der Waals surface area contributed by atoms with Crippen molar-refractivity contribution in [1.29, 1.82) is 0 Å². The van der Waals surface area contributed by atoms with Gasteiger partial charge in [0.25, 0.3) is 5.91 Å². The average molecular weight is 297 g/mol. The molecule has 3 heteroatoms. The summed E-state index contributed by atoms with van der Waals surface area (Å²) in [6, 6.07) is 18.8. The van der Waals surface area contributed by atoms with Gasteiger partial charge in [0.2, 0.25) is 0 Å². The number of rotatable bonds is 5. The highest BCUT2D eigenvalue weighted by Crippen LogP contribution is 2.34. The van der Waals surface area contributed by atoms with Crippen molar-refractivity contribution < 1.29 is 9.90 Å². The molecule has 0 bridgehead atoms. The first-order valence-corrected chi connectivity index (χ1v) is 7.45. The summed E-state index contributed by atoms with van der Waals surface area (Å²) in [6.07, 6.45) is -0.625. The predicted molar refractivity (Wildman–Crippen MR) is 88.6 cm³/mol. The Morgan fingerprint density at radius 2 is 1.55 bits per heavy atom. The van der Waals surface area contributed by atoms with E-state index in [0.717, 1.165) is 5.56 Å². The lowest BCUT2D eigenvalue weighted by Gasteiger charge is -2.34. The number of amides is 1. The maximum Gasteiger partial charge on any atom is 0.253 e. The summed E-state index contributed by atoms with van der Waals surface area (Å²) in [5.41, 5.74) is 1.09. The van der Waals surface area contributed by atoms with Crippen molar-refractivity contribution in [1.82, 2.24) is 4.90 Å². The lowest BCUT2D eigenvalue weighted by Crippen LogP contribution is -2.39. The Morgan fingerprint density at radius 3 is 2.09 bits per heavy atom. The van der Waals surface area contributed by atoms with Gasteiger partial charge in [0.05, 0.1) is 6.10 Å². The molecule has 2 rings (SSSR count). The fourth-order valence-corrected chi connectivity index (χ4v) is 2.66. The molecule has 22 heavy (non-hydrogen) atoms. The Bertz CT molecular complexity index is 608.